The topological polar surface area (TPSA) is 63.0 Å². The van der Waals surface area contributed by atoms with Crippen molar-refractivity contribution in [3.8, 4) is 0 Å². The molecule has 1 N–H and O–H groups in total. The summed E-state index contributed by atoms with van der Waals surface area (Å²) in [6.45, 7) is 6.52. The number of para-hydroxylation sites is 1. The molecule has 132 valence electrons. The smallest absolute Gasteiger partial charge is 0.298 e. The summed E-state index contributed by atoms with van der Waals surface area (Å²) in [5, 5.41) is 5.45. The van der Waals surface area contributed by atoms with Crippen LogP contribution in [0.15, 0.2) is 45.8 Å². The maximum atomic E-state index is 12.9. The number of benzene rings is 1. The predicted octanol–water partition coefficient (Wildman–Crippen LogP) is 4.01. The first-order chi connectivity index (χ1) is 12.4. The van der Waals surface area contributed by atoms with Crippen molar-refractivity contribution in [2.24, 2.45) is 22.4 Å². The first-order valence-electron chi connectivity index (χ1n) is 9.20. The summed E-state index contributed by atoms with van der Waals surface area (Å²) in [6, 6.07) is 7.84. The molecular formula is C21H22N4O. The zero-order valence-corrected chi connectivity index (χ0v) is 15.3. The molecule has 26 heavy (non-hydrogen) atoms. The van der Waals surface area contributed by atoms with Crippen LogP contribution in [-0.4, -0.2) is 20.9 Å². The number of hydrogen-bond donors (Lipinski definition) is 1. The molecule has 5 nitrogen and oxygen atoms in total. The Morgan fingerprint density at radius 1 is 1.35 bits per heavy atom. The summed E-state index contributed by atoms with van der Waals surface area (Å²) in [5.74, 6) is 1.96. The summed E-state index contributed by atoms with van der Waals surface area (Å²) >= 11 is 0. The molecule has 6 rings (SSSR count). The van der Waals surface area contributed by atoms with Crippen LogP contribution in [0.25, 0.3) is 21.9 Å². The maximum absolute atomic E-state index is 12.9. The predicted molar refractivity (Wildman–Crippen MR) is 105 cm³/mol. The normalized spacial score (nSPS) is 24.2. The van der Waals surface area contributed by atoms with E-state index in [0.29, 0.717) is 22.7 Å². The first-order valence-corrected chi connectivity index (χ1v) is 9.20. The second-order valence-corrected chi connectivity index (χ2v) is 8.22. The highest BCUT2D eigenvalue weighted by atomic mass is 16.1. The van der Waals surface area contributed by atoms with Gasteiger partial charge in [0.15, 0.2) is 0 Å². The Hall–Kier alpha value is -2.69. The quantitative estimate of drug-likeness (QED) is 0.713. The fourth-order valence-corrected chi connectivity index (χ4v) is 4.52. The van der Waals surface area contributed by atoms with E-state index in [9.17, 15) is 4.79 Å². The number of hydrogen-bond acceptors (Lipinski definition) is 3. The Bertz CT molecular complexity index is 1160. The molecule has 0 aliphatic heterocycles. The Balaban J connectivity index is 1.58. The summed E-state index contributed by atoms with van der Waals surface area (Å²) in [5.41, 5.74) is 3.64. The SMILES string of the molecule is Cc1nc2c([nH]c3ccccc32)c(=O)n1N=CC1=C[C@@H]2C[C@H](C1)C2(C)C. The number of nitrogens with zero attached hydrogens (tertiary/aromatic N) is 3. The van der Waals surface area contributed by atoms with Crippen LogP contribution in [0, 0.1) is 24.2 Å². The molecule has 3 aromatic rings. The summed E-state index contributed by atoms with van der Waals surface area (Å²) in [4.78, 5) is 20.8. The Kier molecular flexibility index (Phi) is 3.09. The molecule has 2 aromatic heterocycles. The lowest BCUT2D eigenvalue weighted by Crippen LogP contribution is -2.46. The van der Waals surface area contributed by atoms with E-state index in [1.165, 1.54) is 16.7 Å². The molecule has 2 heterocycles. The molecule has 3 aliphatic rings. The number of H-pyrrole nitrogens is 1. The molecule has 2 bridgehead atoms. The minimum absolute atomic E-state index is 0.151. The average Bonchev–Trinajstić information content (AvgIpc) is 3.00. The number of aromatic nitrogens is 3. The molecule has 0 radical (unpaired) electrons. The fraction of sp³-hybridized carbons (Fsp3) is 0.381. The first kappa shape index (κ1) is 15.6. The molecule has 2 atom stereocenters. The molecular weight excluding hydrogens is 324 g/mol. The Morgan fingerprint density at radius 3 is 2.88 bits per heavy atom. The third kappa shape index (κ3) is 2.06. The van der Waals surface area contributed by atoms with Crippen LogP contribution >= 0.6 is 0 Å². The number of aromatic amines is 1. The standard InChI is InChI=1S/C21H22N4O/c1-12-23-18-16-6-4-5-7-17(16)24-19(18)20(26)25(12)22-11-13-8-14-10-15(9-13)21(14,2)3/h4-8,11,14-15,24H,9-10H2,1-3H3/t14-,15+/m1/s1. The second kappa shape index (κ2) is 5.16. The van der Waals surface area contributed by atoms with Gasteiger partial charge in [-0.05, 0) is 48.7 Å². The lowest BCUT2D eigenvalue weighted by atomic mass is 9.50. The van der Waals surface area contributed by atoms with Gasteiger partial charge in [0.05, 0.1) is 6.21 Å². The van der Waals surface area contributed by atoms with Crippen molar-refractivity contribution in [1.82, 2.24) is 14.6 Å². The zero-order chi connectivity index (χ0) is 18.1. The number of allylic oxidation sites excluding steroid dienone is 2. The van der Waals surface area contributed by atoms with E-state index in [-0.39, 0.29) is 5.56 Å². The zero-order valence-electron chi connectivity index (χ0n) is 15.3. The van der Waals surface area contributed by atoms with Crippen molar-refractivity contribution in [1.29, 1.82) is 0 Å². The van der Waals surface area contributed by atoms with Crippen molar-refractivity contribution in [2.75, 3.05) is 0 Å². The second-order valence-electron chi connectivity index (χ2n) is 8.22. The van der Waals surface area contributed by atoms with Crippen molar-refractivity contribution >= 4 is 28.2 Å². The van der Waals surface area contributed by atoms with Crippen LogP contribution in [0.5, 0.6) is 0 Å². The van der Waals surface area contributed by atoms with E-state index in [2.05, 4.69) is 35.0 Å². The number of fused-ring (bicyclic) bond motifs is 4. The largest absolute Gasteiger partial charge is 0.349 e. The van der Waals surface area contributed by atoms with E-state index in [1.807, 2.05) is 37.4 Å². The number of rotatable bonds is 2. The average molecular weight is 346 g/mol. The van der Waals surface area contributed by atoms with E-state index in [0.717, 1.165) is 28.8 Å². The highest BCUT2D eigenvalue weighted by Gasteiger charge is 2.49. The van der Waals surface area contributed by atoms with E-state index in [4.69, 9.17) is 0 Å². The van der Waals surface area contributed by atoms with Gasteiger partial charge in [-0.1, -0.05) is 38.1 Å². The Labute approximate surface area is 151 Å². The van der Waals surface area contributed by atoms with Gasteiger partial charge >= 0.3 is 0 Å². The molecule has 1 saturated carbocycles. The molecule has 5 heteroatoms. The van der Waals surface area contributed by atoms with Gasteiger partial charge < -0.3 is 4.98 Å². The van der Waals surface area contributed by atoms with Gasteiger partial charge in [-0.25, -0.2) is 4.98 Å². The van der Waals surface area contributed by atoms with Crippen molar-refractivity contribution in [2.45, 2.75) is 33.6 Å². The van der Waals surface area contributed by atoms with Crippen molar-refractivity contribution in [3.63, 3.8) is 0 Å². The summed E-state index contributed by atoms with van der Waals surface area (Å²) in [7, 11) is 0. The molecule has 1 aromatic carbocycles. The maximum Gasteiger partial charge on any atom is 0.298 e. The van der Waals surface area contributed by atoms with Gasteiger partial charge in [-0.2, -0.15) is 9.78 Å². The highest BCUT2D eigenvalue weighted by molar-refractivity contribution is 6.04. The van der Waals surface area contributed by atoms with E-state index < -0.39 is 0 Å². The van der Waals surface area contributed by atoms with Gasteiger partial charge in [0, 0.05) is 10.9 Å². The minimum atomic E-state index is -0.151. The highest BCUT2D eigenvalue weighted by Crippen LogP contribution is 2.57. The fourth-order valence-electron chi connectivity index (χ4n) is 4.52. The third-order valence-corrected chi connectivity index (χ3v) is 6.45. The van der Waals surface area contributed by atoms with Gasteiger partial charge in [0.1, 0.15) is 16.9 Å². The number of nitrogens with one attached hydrogen (secondary N) is 1. The van der Waals surface area contributed by atoms with Crippen LogP contribution in [0.1, 0.15) is 32.5 Å². The van der Waals surface area contributed by atoms with E-state index in [1.54, 1.807) is 0 Å². The van der Waals surface area contributed by atoms with Gasteiger partial charge in [0.2, 0.25) is 0 Å². The van der Waals surface area contributed by atoms with Gasteiger partial charge in [0.25, 0.3) is 5.56 Å². The molecule has 0 spiro atoms. The molecule has 1 fully saturated rings. The molecule has 0 unspecified atom stereocenters. The minimum Gasteiger partial charge on any atom is -0.349 e. The van der Waals surface area contributed by atoms with Crippen molar-refractivity contribution in [3.05, 3.63) is 52.1 Å². The number of aryl methyl sites for hydroxylation is 1. The summed E-state index contributed by atoms with van der Waals surface area (Å²) in [6.07, 6.45) is 6.51. The van der Waals surface area contributed by atoms with Crippen LogP contribution in [0.2, 0.25) is 0 Å². The van der Waals surface area contributed by atoms with E-state index >= 15 is 0 Å². The van der Waals surface area contributed by atoms with Crippen LogP contribution in [0.4, 0.5) is 0 Å². The Morgan fingerprint density at radius 2 is 2.15 bits per heavy atom. The molecule has 0 amide bonds. The lowest BCUT2D eigenvalue weighted by molar-refractivity contribution is 0.00130. The summed E-state index contributed by atoms with van der Waals surface area (Å²) < 4.78 is 1.41. The van der Waals surface area contributed by atoms with Gasteiger partial charge in [-0.15, -0.1) is 0 Å². The van der Waals surface area contributed by atoms with Crippen molar-refractivity contribution < 1.29 is 0 Å². The molecule has 3 aliphatic carbocycles. The monoisotopic (exact) mass is 346 g/mol. The van der Waals surface area contributed by atoms with Crippen LogP contribution in [0.3, 0.4) is 0 Å². The van der Waals surface area contributed by atoms with Crippen LogP contribution < -0.4 is 5.56 Å². The molecule has 0 saturated heterocycles. The lowest BCUT2D eigenvalue weighted by Gasteiger charge is -2.54. The van der Waals surface area contributed by atoms with Crippen LogP contribution in [-0.2, 0) is 0 Å². The third-order valence-electron chi connectivity index (χ3n) is 6.45. The van der Waals surface area contributed by atoms with Gasteiger partial charge in [-0.3, -0.25) is 4.79 Å².